The Hall–Kier alpha value is -2.45. The van der Waals surface area contributed by atoms with Gasteiger partial charge in [-0.25, -0.2) is 9.59 Å². The molecule has 4 rings (SSSR count). The van der Waals surface area contributed by atoms with E-state index in [4.69, 9.17) is 29.3 Å². The van der Waals surface area contributed by atoms with Crippen molar-refractivity contribution >= 4 is 11.9 Å². The molecule has 3 heterocycles. The highest BCUT2D eigenvalue weighted by atomic mass is 19.4. The Balaban J connectivity index is 0.000000317. The number of pyridine rings is 1. The van der Waals surface area contributed by atoms with Crippen LogP contribution in [0.5, 0.6) is 0 Å². The summed E-state index contributed by atoms with van der Waals surface area (Å²) in [6.45, 7) is 6.22. The molecule has 1 aliphatic carbocycles. The lowest BCUT2D eigenvalue weighted by molar-refractivity contribution is -0.193. The van der Waals surface area contributed by atoms with Crippen LogP contribution in [0.25, 0.3) is 0 Å². The molecule has 1 spiro atoms. The van der Waals surface area contributed by atoms with E-state index in [0.717, 1.165) is 31.1 Å². The van der Waals surface area contributed by atoms with Gasteiger partial charge in [-0.15, -0.1) is 0 Å². The van der Waals surface area contributed by atoms with Crippen LogP contribution in [-0.2, 0) is 25.7 Å². The fourth-order valence-corrected chi connectivity index (χ4v) is 4.80. The number of aromatic nitrogens is 1. The number of carboxylic acids is 2. The number of piperidine rings is 1. The van der Waals surface area contributed by atoms with Crippen LogP contribution in [0.15, 0.2) is 24.5 Å². The van der Waals surface area contributed by atoms with Crippen molar-refractivity contribution in [1.29, 1.82) is 0 Å². The second kappa shape index (κ2) is 14.8. The van der Waals surface area contributed by atoms with Gasteiger partial charge in [-0.2, -0.15) is 26.3 Å². The van der Waals surface area contributed by atoms with Gasteiger partial charge in [0.25, 0.3) is 0 Å². The summed E-state index contributed by atoms with van der Waals surface area (Å²) in [5, 5.41) is 14.2. The normalized spacial score (nSPS) is 21.2. The molecule has 39 heavy (non-hydrogen) atoms. The Labute approximate surface area is 222 Å². The summed E-state index contributed by atoms with van der Waals surface area (Å²) in [6, 6.07) is 4.04. The van der Waals surface area contributed by atoms with Gasteiger partial charge in [0.05, 0.1) is 12.2 Å². The summed E-state index contributed by atoms with van der Waals surface area (Å²) in [7, 11) is 0. The Morgan fingerprint density at radius 3 is 2.10 bits per heavy atom. The van der Waals surface area contributed by atoms with Crippen LogP contribution in [0.2, 0.25) is 0 Å². The summed E-state index contributed by atoms with van der Waals surface area (Å²) >= 11 is 0. The number of rotatable bonds is 7. The topological polar surface area (TPSA) is 109 Å². The molecule has 2 N–H and O–H groups in total. The van der Waals surface area contributed by atoms with Crippen molar-refractivity contribution in [2.24, 2.45) is 11.8 Å². The van der Waals surface area contributed by atoms with Crippen molar-refractivity contribution in [2.75, 3.05) is 32.8 Å². The van der Waals surface area contributed by atoms with Gasteiger partial charge in [0, 0.05) is 45.2 Å². The first-order valence-electron chi connectivity index (χ1n) is 12.7. The van der Waals surface area contributed by atoms with Gasteiger partial charge in [0.1, 0.15) is 0 Å². The molecule has 0 amide bonds. The molecule has 0 radical (unpaired) electrons. The van der Waals surface area contributed by atoms with Crippen molar-refractivity contribution in [1.82, 2.24) is 9.88 Å². The van der Waals surface area contributed by atoms with E-state index in [9.17, 15) is 26.3 Å². The summed E-state index contributed by atoms with van der Waals surface area (Å²) < 4.78 is 75.7. The van der Waals surface area contributed by atoms with E-state index in [-0.39, 0.29) is 5.60 Å². The number of hydrogen-bond donors (Lipinski definition) is 2. The molecule has 2 aliphatic heterocycles. The number of hydrogen-bond acceptors (Lipinski definition) is 6. The molecular weight excluding hydrogens is 538 g/mol. The quantitative estimate of drug-likeness (QED) is 0.350. The second-order valence-corrected chi connectivity index (χ2v) is 9.80. The predicted octanol–water partition coefficient (Wildman–Crippen LogP) is 4.93. The summed E-state index contributed by atoms with van der Waals surface area (Å²) in [6.07, 6.45) is 2.65. The van der Waals surface area contributed by atoms with Crippen molar-refractivity contribution in [3.8, 4) is 0 Å². The zero-order chi connectivity index (χ0) is 29.1. The largest absolute Gasteiger partial charge is 0.490 e. The fraction of sp³-hybridized carbons (Fsp3) is 0.720. The minimum absolute atomic E-state index is 0.147. The van der Waals surface area contributed by atoms with Crippen molar-refractivity contribution in [3.63, 3.8) is 0 Å². The van der Waals surface area contributed by atoms with Gasteiger partial charge < -0.3 is 24.6 Å². The predicted molar refractivity (Wildman–Crippen MR) is 126 cm³/mol. The molecule has 2 saturated heterocycles. The first-order valence-corrected chi connectivity index (χ1v) is 12.7. The van der Waals surface area contributed by atoms with Gasteiger partial charge in [0.2, 0.25) is 0 Å². The number of nitrogens with zero attached hydrogens (tertiary/aromatic N) is 2. The van der Waals surface area contributed by atoms with Gasteiger partial charge in [-0.05, 0) is 62.0 Å². The number of alkyl halides is 6. The van der Waals surface area contributed by atoms with Crippen LogP contribution >= 0.6 is 0 Å². The van der Waals surface area contributed by atoms with Crippen LogP contribution in [0, 0.1) is 11.8 Å². The third-order valence-corrected chi connectivity index (χ3v) is 7.13. The SMILES string of the molecule is O=C(O)C(F)(F)F.O=C(O)C(F)(F)F.c1cncc(COCCC2CCOC23CCN(CC2CCC2)CC3)c1. The first-order chi connectivity index (χ1) is 18.2. The monoisotopic (exact) mass is 572 g/mol. The number of carboxylic acid groups (broad SMARTS) is 2. The molecule has 0 bridgehead atoms. The van der Waals surface area contributed by atoms with Gasteiger partial charge in [-0.1, -0.05) is 12.5 Å². The third-order valence-electron chi connectivity index (χ3n) is 7.13. The smallest absolute Gasteiger partial charge is 0.475 e. The first kappa shape index (κ1) is 32.8. The van der Waals surface area contributed by atoms with E-state index in [0.29, 0.717) is 12.5 Å². The van der Waals surface area contributed by atoms with Crippen LogP contribution in [-0.4, -0.2) is 82.8 Å². The third kappa shape index (κ3) is 11.3. The van der Waals surface area contributed by atoms with Crippen molar-refractivity contribution < 1.29 is 55.6 Å². The number of carbonyl (C=O) groups is 2. The molecule has 14 heteroatoms. The molecule has 1 saturated carbocycles. The van der Waals surface area contributed by atoms with Crippen LogP contribution in [0.3, 0.4) is 0 Å². The van der Waals surface area contributed by atoms with Crippen molar-refractivity contribution in [2.45, 2.75) is 69.5 Å². The number of ether oxygens (including phenoxy) is 2. The Morgan fingerprint density at radius 2 is 1.64 bits per heavy atom. The minimum Gasteiger partial charge on any atom is -0.475 e. The molecule has 1 aromatic heterocycles. The van der Waals surface area contributed by atoms with Crippen LogP contribution in [0.1, 0.15) is 50.5 Å². The maximum Gasteiger partial charge on any atom is 0.490 e. The maximum absolute atomic E-state index is 10.6. The summed E-state index contributed by atoms with van der Waals surface area (Å²) in [4.78, 5) is 24.6. The van der Waals surface area contributed by atoms with Crippen molar-refractivity contribution in [3.05, 3.63) is 30.1 Å². The van der Waals surface area contributed by atoms with Crippen LogP contribution < -0.4 is 0 Å². The molecule has 8 nitrogen and oxygen atoms in total. The molecule has 1 atom stereocenters. The van der Waals surface area contributed by atoms with E-state index in [1.807, 2.05) is 12.3 Å². The average Bonchev–Trinajstić information content (AvgIpc) is 3.22. The van der Waals surface area contributed by atoms with E-state index in [2.05, 4.69) is 16.0 Å². The second-order valence-electron chi connectivity index (χ2n) is 9.80. The minimum atomic E-state index is -5.08. The molecule has 3 fully saturated rings. The number of halogens is 6. The fourth-order valence-electron chi connectivity index (χ4n) is 4.80. The zero-order valence-electron chi connectivity index (χ0n) is 21.3. The molecule has 1 unspecified atom stereocenters. The summed E-state index contributed by atoms with van der Waals surface area (Å²) in [5.74, 6) is -3.86. The maximum atomic E-state index is 10.6. The lowest BCUT2D eigenvalue weighted by atomic mass is 9.77. The summed E-state index contributed by atoms with van der Waals surface area (Å²) in [5.41, 5.74) is 1.30. The van der Waals surface area contributed by atoms with E-state index >= 15 is 0 Å². The van der Waals surface area contributed by atoms with E-state index in [1.54, 1.807) is 6.20 Å². The molecule has 222 valence electrons. The highest BCUT2D eigenvalue weighted by Gasteiger charge is 2.46. The van der Waals surface area contributed by atoms with Gasteiger partial charge in [0.15, 0.2) is 0 Å². The van der Waals surface area contributed by atoms with Crippen LogP contribution in [0.4, 0.5) is 26.3 Å². The lowest BCUT2D eigenvalue weighted by Gasteiger charge is -2.44. The van der Waals surface area contributed by atoms with E-state index < -0.39 is 24.3 Å². The molecule has 3 aliphatic rings. The number of likely N-dealkylation sites (tertiary alicyclic amines) is 1. The molecular formula is C25H34F6N2O6. The molecule has 0 aromatic carbocycles. The Kier molecular flexibility index (Phi) is 12.4. The highest BCUT2D eigenvalue weighted by molar-refractivity contribution is 5.73. The van der Waals surface area contributed by atoms with E-state index in [1.165, 1.54) is 58.2 Å². The number of aliphatic carboxylic acids is 2. The Morgan fingerprint density at radius 1 is 1.05 bits per heavy atom. The van der Waals surface area contributed by atoms with Gasteiger partial charge in [-0.3, -0.25) is 4.98 Å². The average molecular weight is 573 g/mol. The Bertz CT molecular complexity index is 863. The van der Waals surface area contributed by atoms with Gasteiger partial charge >= 0.3 is 24.3 Å². The molecule has 1 aromatic rings. The standard InChI is InChI=1S/C21H32N2O2.2C2HF3O2/c1-3-18(4-1)16-23-11-8-21(9-12-23)20(7-14-25-21)6-13-24-17-19-5-2-10-22-15-19;2*3-2(4,5)1(6)7/h2,5,10,15,18,20H,1,3-4,6-9,11-14,16-17H2;2*(H,6,7). The highest BCUT2D eigenvalue weighted by Crippen LogP contribution is 2.43. The lowest BCUT2D eigenvalue weighted by Crippen LogP contribution is -2.49. The zero-order valence-corrected chi connectivity index (χ0v) is 21.3.